The Hall–Kier alpha value is -1.11. The fourth-order valence-electron chi connectivity index (χ4n) is 6.66. The van der Waals surface area contributed by atoms with E-state index < -0.39 is 0 Å². The number of unbranched alkanes of at least 4 members (excludes halogenated alkanes) is 30. The molecule has 1 heteroatoms. The molecule has 0 radical (unpaired) electrons. The second kappa shape index (κ2) is 33.3. The summed E-state index contributed by atoms with van der Waals surface area (Å²) in [6.45, 7) is 7.99. The molecule has 0 saturated carbocycles. The van der Waals surface area contributed by atoms with Gasteiger partial charge in [-0.3, -0.25) is 0 Å². The minimum Gasteiger partial charge on any atom is -0.203 e. The Kier molecular flexibility index (Phi) is 30.9. The minimum atomic E-state index is 1.18. The van der Waals surface area contributed by atoms with Crippen molar-refractivity contribution < 1.29 is 4.58 Å². The maximum Gasteiger partial charge on any atom is 0.204 e. The van der Waals surface area contributed by atoms with Crippen molar-refractivity contribution in [1.29, 1.82) is 0 Å². The minimum absolute atomic E-state index is 1.18. The average molecular weight is 611 g/mol. The summed E-state index contributed by atoms with van der Waals surface area (Å²) in [5.41, 5.74) is 2.75. The average Bonchev–Trinajstić information content (AvgIpc) is 3.03. The molecule has 1 aromatic rings. The first-order valence-electron chi connectivity index (χ1n) is 20.4. The molecule has 0 aromatic heterocycles. The fraction of sp³-hybridized carbons (Fsp3) is 0.837. The Morgan fingerprint density at radius 2 is 0.682 bits per heavy atom. The first-order chi connectivity index (χ1) is 21.8. The quantitative estimate of drug-likeness (QED) is 0.0415. The van der Waals surface area contributed by atoms with Crippen molar-refractivity contribution in [3.05, 3.63) is 29.8 Å². The van der Waals surface area contributed by atoms with E-state index in [0.29, 0.717) is 0 Å². The predicted molar refractivity (Wildman–Crippen MR) is 201 cm³/mol. The van der Waals surface area contributed by atoms with E-state index in [1.54, 1.807) is 0 Å². The molecule has 256 valence electrons. The van der Waals surface area contributed by atoms with E-state index in [-0.39, 0.29) is 0 Å². The van der Waals surface area contributed by atoms with E-state index in [2.05, 4.69) is 55.8 Å². The molecule has 1 aromatic carbocycles. The molecule has 44 heavy (non-hydrogen) atoms. The van der Waals surface area contributed by atoms with Gasteiger partial charge in [0, 0.05) is 25.0 Å². The largest absolute Gasteiger partial charge is 0.204 e. The highest BCUT2D eigenvalue weighted by Crippen LogP contribution is 2.17. The lowest BCUT2D eigenvalue weighted by Crippen LogP contribution is -2.09. The van der Waals surface area contributed by atoms with Crippen LogP contribution >= 0.6 is 0 Å². The van der Waals surface area contributed by atoms with Crippen LogP contribution < -0.4 is 0 Å². The molecule has 0 heterocycles. The molecule has 1 rings (SSSR count). The van der Waals surface area contributed by atoms with Crippen LogP contribution in [-0.2, 0) is 0 Å². The smallest absolute Gasteiger partial charge is 0.203 e. The summed E-state index contributed by atoms with van der Waals surface area (Å²) in [7, 11) is 0. The van der Waals surface area contributed by atoms with Crippen LogP contribution in [0.3, 0.4) is 0 Å². The van der Waals surface area contributed by atoms with Crippen molar-refractivity contribution in [2.75, 3.05) is 6.54 Å². The fourth-order valence-corrected chi connectivity index (χ4v) is 6.66. The monoisotopic (exact) mass is 611 g/mol. The standard InChI is InChI=1S/C43H80N/c1-4-6-8-10-12-14-16-18-20-22-24-26-28-30-32-34-40-44(43-38-36-42(3)37-39-43)41-35-33-31-29-27-25-23-21-19-17-15-13-11-9-7-5-2/h36-40H,4-35,41H2,1-3H3/q+1. The van der Waals surface area contributed by atoms with Crippen molar-refractivity contribution in [2.45, 2.75) is 226 Å². The topological polar surface area (TPSA) is 3.01 Å². The Morgan fingerprint density at radius 3 is 1.02 bits per heavy atom. The molecule has 0 bridgehead atoms. The lowest BCUT2D eigenvalue weighted by molar-refractivity contribution is -0.437. The number of nitrogens with zero attached hydrogens (tertiary/aromatic N) is 1. The third-order valence-corrected chi connectivity index (χ3v) is 9.78. The zero-order valence-corrected chi connectivity index (χ0v) is 30.7. The second-order valence-electron chi connectivity index (χ2n) is 14.3. The van der Waals surface area contributed by atoms with Gasteiger partial charge >= 0.3 is 0 Å². The summed E-state index contributed by atoms with van der Waals surface area (Å²) in [6, 6.07) is 9.20. The molecule has 0 spiro atoms. The normalized spacial score (nSPS) is 11.9. The van der Waals surface area contributed by atoms with Crippen LogP contribution in [-0.4, -0.2) is 17.3 Å². The molecule has 0 aliphatic carbocycles. The van der Waals surface area contributed by atoms with Crippen molar-refractivity contribution in [1.82, 2.24) is 0 Å². The van der Waals surface area contributed by atoms with Gasteiger partial charge in [0.2, 0.25) is 5.69 Å². The van der Waals surface area contributed by atoms with Gasteiger partial charge in [0.1, 0.15) is 12.8 Å². The number of aryl methyl sites for hydroxylation is 1. The van der Waals surface area contributed by atoms with Gasteiger partial charge in [-0.05, 0) is 19.8 Å². The highest BCUT2D eigenvalue weighted by molar-refractivity contribution is 5.54. The Labute approximate surface area is 278 Å². The van der Waals surface area contributed by atoms with E-state index in [0.717, 1.165) is 0 Å². The SMILES string of the molecule is CCCCCCCCCCCCCCCCCC=[N+](CCCCCCCCCCCCCCCCCC)c1ccc(C)cc1. The molecule has 0 saturated heterocycles. The highest BCUT2D eigenvalue weighted by Gasteiger charge is 2.08. The van der Waals surface area contributed by atoms with Crippen LogP contribution in [0.15, 0.2) is 24.3 Å². The third kappa shape index (κ3) is 27.2. The molecule has 0 fully saturated rings. The number of hydrogen-bond acceptors (Lipinski definition) is 0. The summed E-state index contributed by atoms with van der Waals surface area (Å²) in [5.74, 6) is 0. The van der Waals surface area contributed by atoms with Crippen LogP contribution in [0.2, 0.25) is 0 Å². The summed E-state index contributed by atoms with van der Waals surface area (Å²) in [4.78, 5) is 0. The molecule has 1 nitrogen and oxygen atoms in total. The van der Waals surface area contributed by atoms with Gasteiger partial charge in [-0.25, -0.2) is 4.58 Å². The maximum absolute atomic E-state index is 2.56. The molecule has 0 unspecified atom stereocenters. The van der Waals surface area contributed by atoms with E-state index in [4.69, 9.17) is 0 Å². The first kappa shape index (κ1) is 40.9. The van der Waals surface area contributed by atoms with Crippen LogP contribution in [0.1, 0.15) is 225 Å². The lowest BCUT2D eigenvalue weighted by atomic mass is 10.0. The van der Waals surface area contributed by atoms with Crippen LogP contribution in [0, 0.1) is 6.92 Å². The van der Waals surface area contributed by atoms with E-state index in [9.17, 15) is 0 Å². The van der Waals surface area contributed by atoms with E-state index in [1.165, 1.54) is 223 Å². The van der Waals surface area contributed by atoms with Crippen molar-refractivity contribution in [3.8, 4) is 0 Å². The first-order valence-corrected chi connectivity index (χ1v) is 20.4. The Morgan fingerprint density at radius 1 is 0.386 bits per heavy atom. The van der Waals surface area contributed by atoms with E-state index in [1.807, 2.05) is 0 Å². The Balaban J connectivity index is 2.05. The van der Waals surface area contributed by atoms with Crippen LogP contribution in [0.25, 0.3) is 0 Å². The molecule has 0 amide bonds. The second-order valence-corrected chi connectivity index (χ2v) is 14.3. The summed E-state index contributed by atoms with van der Waals surface area (Å²) in [5, 5.41) is 0. The highest BCUT2D eigenvalue weighted by atomic mass is 15.0. The summed E-state index contributed by atoms with van der Waals surface area (Å²) >= 11 is 0. The Bertz CT molecular complexity index is 717. The molecular weight excluding hydrogens is 530 g/mol. The molecule has 0 aliphatic rings. The van der Waals surface area contributed by atoms with Gasteiger partial charge in [0.25, 0.3) is 0 Å². The molecule has 0 atom stereocenters. The van der Waals surface area contributed by atoms with E-state index >= 15 is 0 Å². The summed E-state index contributed by atoms with van der Waals surface area (Å²) < 4.78 is 2.56. The lowest BCUT2D eigenvalue weighted by Gasteiger charge is -2.06. The number of hydrogen-bond donors (Lipinski definition) is 0. The van der Waals surface area contributed by atoms with Gasteiger partial charge in [-0.15, -0.1) is 0 Å². The third-order valence-electron chi connectivity index (χ3n) is 9.78. The predicted octanol–water partition coefficient (Wildman–Crippen LogP) is 15.2. The molecular formula is C43H80N+. The van der Waals surface area contributed by atoms with Gasteiger partial charge in [-0.2, -0.15) is 0 Å². The number of rotatable bonds is 34. The number of benzene rings is 1. The zero-order valence-electron chi connectivity index (χ0n) is 30.7. The van der Waals surface area contributed by atoms with Crippen molar-refractivity contribution in [3.63, 3.8) is 0 Å². The van der Waals surface area contributed by atoms with Gasteiger partial charge in [0.15, 0.2) is 0 Å². The van der Waals surface area contributed by atoms with Crippen molar-refractivity contribution in [2.24, 2.45) is 0 Å². The maximum atomic E-state index is 2.56. The van der Waals surface area contributed by atoms with Gasteiger partial charge in [0.05, 0.1) is 0 Å². The molecule has 0 N–H and O–H groups in total. The van der Waals surface area contributed by atoms with Crippen molar-refractivity contribution >= 4 is 11.9 Å². The van der Waals surface area contributed by atoms with Gasteiger partial charge < -0.3 is 0 Å². The molecule has 0 aliphatic heterocycles. The van der Waals surface area contributed by atoms with Crippen LogP contribution in [0.4, 0.5) is 5.69 Å². The zero-order chi connectivity index (χ0) is 31.6. The van der Waals surface area contributed by atoms with Gasteiger partial charge in [-0.1, -0.05) is 211 Å². The summed E-state index contributed by atoms with van der Waals surface area (Å²) in [6.07, 6.45) is 48.3. The van der Waals surface area contributed by atoms with Crippen LogP contribution in [0.5, 0.6) is 0 Å².